The third-order valence-electron chi connectivity index (χ3n) is 3.33. The van der Waals surface area contributed by atoms with Gasteiger partial charge in [-0.05, 0) is 43.4 Å². The molecular formula is C15H13BrN2O2S. The highest BCUT2D eigenvalue weighted by molar-refractivity contribution is 9.10. The standard InChI is InChI=1S/C15H13BrN2O2S/c1-9-14(19)18(15(21)17-9)8-12-6-7-13(20-12)10-2-4-11(16)5-3-10/h2-7,9H,8H2,1H3,(H,17,21)/t9-/m0/s1. The Hall–Kier alpha value is -1.66. The summed E-state index contributed by atoms with van der Waals surface area (Å²) in [7, 11) is 0. The average molecular weight is 365 g/mol. The minimum absolute atomic E-state index is 0.0263. The quantitative estimate of drug-likeness (QED) is 0.848. The number of carbonyl (C=O) groups is 1. The molecule has 1 fully saturated rings. The number of benzene rings is 1. The number of nitrogens with one attached hydrogen (secondary N) is 1. The molecule has 6 heteroatoms. The van der Waals surface area contributed by atoms with Crippen LogP contribution in [0, 0.1) is 0 Å². The Morgan fingerprint density at radius 1 is 1.29 bits per heavy atom. The third kappa shape index (κ3) is 2.87. The van der Waals surface area contributed by atoms with E-state index in [0.717, 1.165) is 15.8 Å². The second-order valence-corrected chi connectivity index (χ2v) is 6.17. The van der Waals surface area contributed by atoms with Crippen molar-refractivity contribution in [1.82, 2.24) is 10.2 Å². The summed E-state index contributed by atoms with van der Waals surface area (Å²) < 4.78 is 6.83. The SMILES string of the molecule is C[C@@H]1NC(=S)N(Cc2ccc(-c3ccc(Br)cc3)o2)C1=O. The minimum atomic E-state index is -0.265. The molecule has 2 aromatic rings. The fourth-order valence-corrected chi connectivity index (χ4v) is 2.79. The van der Waals surface area contributed by atoms with Gasteiger partial charge < -0.3 is 9.73 Å². The van der Waals surface area contributed by atoms with E-state index in [1.54, 1.807) is 6.92 Å². The molecule has 0 bridgehead atoms. The highest BCUT2D eigenvalue weighted by Crippen LogP contribution is 2.25. The van der Waals surface area contributed by atoms with E-state index in [9.17, 15) is 4.79 Å². The van der Waals surface area contributed by atoms with Crippen LogP contribution < -0.4 is 5.32 Å². The normalized spacial score (nSPS) is 18.2. The summed E-state index contributed by atoms with van der Waals surface area (Å²) in [6, 6.07) is 11.4. The van der Waals surface area contributed by atoms with E-state index >= 15 is 0 Å². The van der Waals surface area contributed by atoms with Crippen LogP contribution in [0.25, 0.3) is 11.3 Å². The lowest BCUT2D eigenvalue weighted by molar-refractivity contribution is -0.127. The van der Waals surface area contributed by atoms with Gasteiger partial charge in [-0.3, -0.25) is 9.69 Å². The van der Waals surface area contributed by atoms with Gasteiger partial charge in [-0.1, -0.05) is 28.1 Å². The third-order valence-corrected chi connectivity index (χ3v) is 4.19. The van der Waals surface area contributed by atoms with Crippen molar-refractivity contribution in [2.45, 2.75) is 19.5 Å². The second-order valence-electron chi connectivity index (χ2n) is 4.87. The van der Waals surface area contributed by atoms with Crippen LogP contribution in [0.15, 0.2) is 45.3 Å². The second kappa shape index (κ2) is 5.61. The molecule has 0 unspecified atom stereocenters. The highest BCUT2D eigenvalue weighted by Gasteiger charge is 2.32. The van der Waals surface area contributed by atoms with Crippen molar-refractivity contribution in [3.05, 3.63) is 46.6 Å². The van der Waals surface area contributed by atoms with Gasteiger partial charge in [0.1, 0.15) is 17.6 Å². The first-order valence-electron chi connectivity index (χ1n) is 6.51. The lowest BCUT2D eigenvalue weighted by atomic mass is 10.2. The summed E-state index contributed by atoms with van der Waals surface area (Å²) in [4.78, 5) is 13.5. The maximum atomic E-state index is 12.0. The predicted octanol–water partition coefficient (Wildman–Crippen LogP) is 3.31. The number of rotatable bonds is 3. The number of halogens is 1. The Morgan fingerprint density at radius 3 is 2.62 bits per heavy atom. The Kier molecular flexibility index (Phi) is 3.82. The summed E-state index contributed by atoms with van der Waals surface area (Å²) in [6.07, 6.45) is 0. The Balaban J connectivity index is 1.78. The number of hydrogen-bond acceptors (Lipinski definition) is 3. The Labute approximate surface area is 136 Å². The largest absolute Gasteiger partial charge is 0.459 e. The van der Waals surface area contributed by atoms with E-state index in [0.29, 0.717) is 17.4 Å². The monoisotopic (exact) mass is 364 g/mol. The summed E-state index contributed by atoms with van der Waals surface area (Å²) in [5, 5.41) is 3.40. The van der Waals surface area contributed by atoms with E-state index in [2.05, 4.69) is 21.2 Å². The van der Waals surface area contributed by atoms with Crippen LogP contribution in [0.5, 0.6) is 0 Å². The number of thiocarbonyl (C=S) groups is 1. The van der Waals surface area contributed by atoms with Gasteiger partial charge in [0.25, 0.3) is 5.91 Å². The molecular weight excluding hydrogens is 352 g/mol. The van der Waals surface area contributed by atoms with Crippen LogP contribution in [0.2, 0.25) is 0 Å². The molecule has 108 valence electrons. The topological polar surface area (TPSA) is 45.5 Å². The van der Waals surface area contributed by atoms with E-state index in [4.69, 9.17) is 16.6 Å². The van der Waals surface area contributed by atoms with Gasteiger partial charge in [0.05, 0.1) is 6.54 Å². The molecule has 2 heterocycles. The van der Waals surface area contributed by atoms with Gasteiger partial charge in [0.2, 0.25) is 0 Å². The molecule has 1 saturated heterocycles. The van der Waals surface area contributed by atoms with Crippen molar-refractivity contribution in [2.24, 2.45) is 0 Å². The number of carbonyl (C=O) groups excluding carboxylic acids is 1. The molecule has 0 aliphatic carbocycles. The van der Waals surface area contributed by atoms with Gasteiger partial charge in [-0.15, -0.1) is 0 Å². The van der Waals surface area contributed by atoms with Crippen molar-refractivity contribution in [3.63, 3.8) is 0 Å². The van der Waals surface area contributed by atoms with E-state index in [-0.39, 0.29) is 11.9 Å². The van der Waals surface area contributed by atoms with Crippen LogP contribution in [0.3, 0.4) is 0 Å². The molecule has 3 rings (SSSR count). The molecule has 1 aliphatic heterocycles. The van der Waals surface area contributed by atoms with E-state index in [1.807, 2.05) is 36.4 Å². The zero-order chi connectivity index (χ0) is 15.0. The van der Waals surface area contributed by atoms with E-state index < -0.39 is 0 Å². The lowest BCUT2D eigenvalue weighted by Gasteiger charge is -2.12. The average Bonchev–Trinajstić information content (AvgIpc) is 3.01. The van der Waals surface area contributed by atoms with Crippen molar-refractivity contribution in [3.8, 4) is 11.3 Å². The maximum absolute atomic E-state index is 12.0. The summed E-state index contributed by atoms with van der Waals surface area (Å²) in [6.45, 7) is 2.15. The van der Waals surface area contributed by atoms with Crippen LogP contribution in [-0.2, 0) is 11.3 Å². The molecule has 4 nitrogen and oxygen atoms in total. The first-order chi connectivity index (χ1) is 10.0. The minimum Gasteiger partial charge on any atom is -0.459 e. The molecule has 0 saturated carbocycles. The van der Waals surface area contributed by atoms with Gasteiger partial charge in [0, 0.05) is 10.0 Å². The smallest absolute Gasteiger partial charge is 0.251 e. The number of amides is 1. The summed E-state index contributed by atoms with van der Waals surface area (Å²) >= 11 is 8.56. The predicted molar refractivity (Wildman–Crippen MR) is 87.6 cm³/mol. The zero-order valence-electron chi connectivity index (χ0n) is 11.3. The van der Waals surface area contributed by atoms with Crippen molar-refractivity contribution in [1.29, 1.82) is 0 Å². The summed E-state index contributed by atoms with van der Waals surface area (Å²) in [5.74, 6) is 1.46. The Bertz CT molecular complexity index is 696. The molecule has 21 heavy (non-hydrogen) atoms. The van der Waals surface area contributed by atoms with Crippen LogP contribution in [0.4, 0.5) is 0 Å². The molecule has 1 amide bonds. The van der Waals surface area contributed by atoms with Crippen molar-refractivity contribution < 1.29 is 9.21 Å². The number of furan rings is 1. The molecule has 1 atom stereocenters. The highest BCUT2D eigenvalue weighted by atomic mass is 79.9. The molecule has 1 aliphatic rings. The van der Waals surface area contributed by atoms with Crippen molar-refractivity contribution in [2.75, 3.05) is 0 Å². The van der Waals surface area contributed by atoms with Gasteiger partial charge in [-0.25, -0.2) is 0 Å². The molecule has 1 aromatic carbocycles. The first kappa shape index (κ1) is 14.3. The van der Waals surface area contributed by atoms with Crippen LogP contribution in [-0.4, -0.2) is 22.0 Å². The molecule has 0 spiro atoms. The van der Waals surface area contributed by atoms with Crippen molar-refractivity contribution >= 4 is 39.2 Å². The first-order valence-corrected chi connectivity index (χ1v) is 7.71. The molecule has 1 N–H and O–H groups in total. The van der Waals surface area contributed by atoms with Crippen LogP contribution >= 0.6 is 28.1 Å². The maximum Gasteiger partial charge on any atom is 0.251 e. The van der Waals surface area contributed by atoms with E-state index in [1.165, 1.54) is 4.90 Å². The number of nitrogens with zero attached hydrogens (tertiary/aromatic N) is 1. The van der Waals surface area contributed by atoms with Crippen LogP contribution in [0.1, 0.15) is 12.7 Å². The van der Waals surface area contributed by atoms with Gasteiger partial charge in [-0.2, -0.15) is 0 Å². The molecule has 0 radical (unpaired) electrons. The fraction of sp³-hybridized carbons (Fsp3) is 0.200. The lowest BCUT2D eigenvalue weighted by Crippen LogP contribution is -2.30. The Morgan fingerprint density at radius 2 is 2.00 bits per heavy atom. The number of hydrogen-bond donors (Lipinski definition) is 1. The van der Waals surface area contributed by atoms with Gasteiger partial charge >= 0.3 is 0 Å². The summed E-state index contributed by atoms with van der Waals surface area (Å²) in [5.41, 5.74) is 0.992. The van der Waals surface area contributed by atoms with Gasteiger partial charge in [0.15, 0.2) is 5.11 Å². The fourth-order valence-electron chi connectivity index (χ4n) is 2.20. The zero-order valence-corrected chi connectivity index (χ0v) is 13.7. The molecule has 1 aromatic heterocycles.